The number of carbonyl (C=O) groups excluding carboxylic acids is 2. The second-order valence-corrected chi connectivity index (χ2v) is 6.63. The van der Waals surface area contributed by atoms with Gasteiger partial charge in [-0.15, -0.1) is 5.10 Å². The Labute approximate surface area is 162 Å². The lowest BCUT2D eigenvalue weighted by Gasteiger charge is -2.18. The number of amides is 2. The summed E-state index contributed by atoms with van der Waals surface area (Å²) in [6.45, 7) is 1.21. The van der Waals surface area contributed by atoms with Crippen molar-refractivity contribution in [2.45, 2.75) is 18.9 Å². The van der Waals surface area contributed by atoms with Crippen LogP contribution in [0, 0.1) is 5.82 Å². The maximum atomic E-state index is 13.8. The van der Waals surface area contributed by atoms with Crippen molar-refractivity contribution in [1.82, 2.24) is 24.7 Å². The number of fused-ring (bicyclic) bond motifs is 1. The first-order valence-corrected chi connectivity index (χ1v) is 8.42. The van der Waals surface area contributed by atoms with Crippen molar-refractivity contribution >= 4 is 23.5 Å². The van der Waals surface area contributed by atoms with Crippen LogP contribution >= 0.6 is 0 Å². The van der Waals surface area contributed by atoms with Crippen molar-refractivity contribution in [2.75, 3.05) is 11.1 Å². The summed E-state index contributed by atoms with van der Waals surface area (Å²) >= 11 is 0. The smallest absolute Gasteiger partial charge is 0.343 e. The normalized spacial score (nSPS) is 17.8. The van der Waals surface area contributed by atoms with Gasteiger partial charge in [-0.25, -0.2) is 23.8 Å². The Kier molecular flexibility index (Phi) is 3.92. The first-order chi connectivity index (χ1) is 13.7. The van der Waals surface area contributed by atoms with Crippen LogP contribution in [-0.2, 0) is 21.5 Å². The summed E-state index contributed by atoms with van der Waals surface area (Å²) < 4.78 is 14.8. The number of aromatic nitrogens is 5. The summed E-state index contributed by atoms with van der Waals surface area (Å²) in [6.07, 6.45) is 0. The zero-order valence-electron chi connectivity index (χ0n) is 15.1. The molecule has 0 spiro atoms. The highest BCUT2D eigenvalue weighted by Crippen LogP contribution is 2.40. The first kappa shape index (κ1) is 18.3. The van der Waals surface area contributed by atoms with Crippen LogP contribution in [-0.4, -0.2) is 36.5 Å². The number of nitrogens with one attached hydrogen (secondary N) is 2. The summed E-state index contributed by atoms with van der Waals surface area (Å²) in [5.74, 6) is -2.34. The van der Waals surface area contributed by atoms with E-state index in [-0.39, 0.29) is 41.0 Å². The molecule has 1 atom stereocenters. The molecule has 11 nitrogen and oxygen atoms in total. The van der Waals surface area contributed by atoms with Crippen molar-refractivity contribution in [3.8, 4) is 11.6 Å². The number of hydrogen-bond acceptors (Lipinski definition) is 7. The third kappa shape index (κ3) is 2.72. The molecule has 0 saturated heterocycles. The second kappa shape index (κ2) is 6.22. The van der Waals surface area contributed by atoms with E-state index < -0.39 is 28.7 Å². The SMILES string of the molecule is CC1(C(N)=O)C(=O)Nc2nc(-c3nn(Cc4ccccc4F)c(=O)[nH]3)nc(N)c21. The van der Waals surface area contributed by atoms with Crippen LogP contribution < -0.4 is 22.5 Å². The predicted molar refractivity (Wildman–Crippen MR) is 99.0 cm³/mol. The molecule has 12 heteroatoms. The minimum Gasteiger partial charge on any atom is -0.383 e. The van der Waals surface area contributed by atoms with E-state index in [1.54, 1.807) is 6.07 Å². The number of nitrogens with zero attached hydrogens (tertiary/aromatic N) is 4. The molecule has 1 aromatic carbocycles. The van der Waals surface area contributed by atoms with Crippen LogP contribution in [0.25, 0.3) is 11.6 Å². The third-order valence-corrected chi connectivity index (χ3v) is 4.79. The molecule has 1 aliphatic heterocycles. The monoisotopic (exact) mass is 398 g/mol. The number of anilines is 2. The minimum atomic E-state index is -1.71. The van der Waals surface area contributed by atoms with Crippen LogP contribution in [0.15, 0.2) is 29.1 Å². The van der Waals surface area contributed by atoms with Crippen LogP contribution in [0.4, 0.5) is 16.0 Å². The van der Waals surface area contributed by atoms with Crippen molar-refractivity contribution < 1.29 is 14.0 Å². The fourth-order valence-corrected chi connectivity index (χ4v) is 3.10. The number of benzene rings is 1. The van der Waals surface area contributed by atoms with E-state index in [2.05, 4.69) is 25.4 Å². The summed E-state index contributed by atoms with van der Waals surface area (Å²) in [5.41, 5.74) is 9.31. The molecule has 1 aliphatic rings. The molecule has 0 aliphatic carbocycles. The number of hydrogen-bond donors (Lipinski definition) is 4. The number of nitrogens with two attached hydrogens (primary N) is 2. The molecule has 3 aromatic rings. The number of rotatable bonds is 4. The van der Waals surface area contributed by atoms with Gasteiger partial charge in [-0.1, -0.05) is 18.2 Å². The first-order valence-electron chi connectivity index (χ1n) is 8.42. The van der Waals surface area contributed by atoms with Gasteiger partial charge in [0.15, 0.2) is 11.2 Å². The summed E-state index contributed by atoms with van der Waals surface area (Å²) in [6, 6.07) is 5.98. The predicted octanol–water partition coefficient (Wildman–Crippen LogP) is -0.507. The number of H-pyrrole nitrogens is 1. The lowest BCUT2D eigenvalue weighted by atomic mass is 9.84. The molecular formula is C17H15FN8O3. The molecule has 3 heterocycles. The Hall–Kier alpha value is -4.09. The average molecular weight is 398 g/mol. The molecular weight excluding hydrogens is 383 g/mol. The molecule has 148 valence electrons. The largest absolute Gasteiger partial charge is 0.383 e. The number of halogens is 1. The van der Waals surface area contributed by atoms with E-state index in [0.717, 1.165) is 4.68 Å². The highest BCUT2D eigenvalue weighted by Gasteiger charge is 2.51. The van der Waals surface area contributed by atoms with Gasteiger partial charge in [-0.05, 0) is 13.0 Å². The van der Waals surface area contributed by atoms with E-state index in [9.17, 15) is 18.8 Å². The fourth-order valence-electron chi connectivity index (χ4n) is 3.10. The molecule has 0 radical (unpaired) electrons. The average Bonchev–Trinajstić information content (AvgIpc) is 3.15. The number of aromatic amines is 1. The van der Waals surface area contributed by atoms with Gasteiger partial charge in [0.1, 0.15) is 17.5 Å². The highest BCUT2D eigenvalue weighted by molar-refractivity contribution is 6.20. The Bertz CT molecular complexity index is 1230. The highest BCUT2D eigenvalue weighted by atomic mass is 19.1. The van der Waals surface area contributed by atoms with Crippen molar-refractivity contribution in [3.05, 3.63) is 51.7 Å². The van der Waals surface area contributed by atoms with Gasteiger partial charge >= 0.3 is 5.69 Å². The van der Waals surface area contributed by atoms with E-state index >= 15 is 0 Å². The van der Waals surface area contributed by atoms with Gasteiger partial charge in [0.05, 0.1) is 12.1 Å². The Balaban J connectivity index is 1.75. The van der Waals surface area contributed by atoms with Gasteiger partial charge in [0, 0.05) is 5.56 Å². The molecule has 0 bridgehead atoms. The zero-order valence-corrected chi connectivity index (χ0v) is 15.1. The molecule has 29 heavy (non-hydrogen) atoms. The molecule has 2 amide bonds. The van der Waals surface area contributed by atoms with Gasteiger partial charge < -0.3 is 16.8 Å². The van der Waals surface area contributed by atoms with Gasteiger partial charge in [-0.3, -0.25) is 14.6 Å². The standard InChI is InChI=1S/C17H15FN8O3/c1-17(14(20)27)9-10(19)21-12(22-11(9)23-15(17)28)13-24-16(29)26(25-13)6-7-4-2-3-5-8(7)18/h2-5H,6H2,1H3,(H2,20,27)(H,24,25,29)(H3,19,21,22,23,28). The summed E-state index contributed by atoms with van der Waals surface area (Å²) in [5, 5.41) is 6.51. The maximum absolute atomic E-state index is 13.8. The van der Waals surface area contributed by atoms with E-state index in [1.807, 2.05) is 0 Å². The van der Waals surface area contributed by atoms with Crippen LogP contribution in [0.2, 0.25) is 0 Å². The van der Waals surface area contributed by atoms with Gasteiger partial charge in [0.2, 0.25) is 17.6 Å². The fraction of sp³-hybridized carbons (Fsp3) is 0.176. The van der Waals surface area contributed by atoms with Crippen LogP contribution in [0.1, 0.15) is 18.1 Å². The van der Waals surface area contributed by atoms with Crippen molar-refractivity contribution in [3.63, 3.8) is 0 Å². The molecule has 6 N–H and O–H groups in total. The molecule has 2 aromatic heterocycles. The molecule has 0 fully saturated rings. The Morgan fingerprint density at radius 3 is 2.69 bits per heavy atom. The van der Waals surface area contributed by atoms with Crippen LogP contribution in [0.3, 0.4) is 0 Å². The molecule has 0 saturated carbocycles. The second-order valence-electron chi connectivity index (χ2n) is 6.63. The summed E-state index contributed by atoms with van der Waals surface area (Å²) in [7, 11) is 0. The quantitative estimate of drug-likeness (QED) is 0.428. The lowest BCUT2D eigenvalue weighted by molar-refractivity contribution is -0.131. The maximum Gasteiger partial charge on any atom is 0.343 e. The van der Waals surface area contributed by atoms with Gasteiger partial charge in [0.25, 0.3) is 0 Å². The van der Waals surface area contributed by atoms with E-state index in [4.69, 9.17) is 11.5 Å². The van der Waals surface area contributed by atoms with Gasteiger partial charge in [-0.2, -0.15) is 0 Å². The van der Waals surface area contributed by atoms with Crippen LogP contribution in [0.5, 0.6) is 0 Å². The van der Waals surface area contributed by atoms with Crippen molar-refractivity contribution in [1.29, 1.82) is 0 Å². The summed E-state index contributed by atoms with van der Waals surface area (Å²) in [4.78, 5) is 46.9. The van der Waals surface area contributed by atoms with E-state index in [1.165, 1.54) is 25.1 Å². The lowest BCUT2D eigenvalue weighted by Crippen LogP contribution is -2.44. The number of carbonyl (C=O) groups is 2. The Morgan fingerprint density at radius 2 is 2.00 bits per heavy atom. The Morgan fingerprint density at radius 1 is 1.28 bits per heavy atom. The van der Waals surface area contributed by atoms with E-state index in [0.29, 0.717) is 0 Å². The minimum absolute atomic E-state index is 0.00306. The zero-order chi connectivity index (χ0) is 20.9. The number of primary amides is 1. The third-order valence-electron chi connectivity index (χ3n) is 4.79. The number of nitrogen functional groups attached to an aromatic ring is 1. The molecule has 1 unspecified atom stereocenters. The molecule has 4 rings (SSSR count). The van der Waals surface area contributed by atoms with Crippen molar-refractivity contribution in [2.24, 2.45) is 5.73 Å². The topological polar surface area (TPSA) is 175 Å².